The summed E-state index contributed by atoms with van der Waals surface area (Å²) in [6, 6.07) is 7.96. The molecule has 5 nitrogen and oxygen atoms in total. The normalized spacial score (nSPS) is 14.8. The van der Waals surface area contributed by atoms with E-state index in [0.717, 1.165) is 12.1 Å². The van der Waals surface area contributed by atoms with Crippen LogP contribution in [0.5, 0.6) is 0 Å². The predicted molar refractivity (Wildman–Crippen MR) is 104 cm³/mol. The second kappa shape index (κ2) is 8.12. The molecule has 0 bridgehead atoms. The van der Waals surface area contributed by atoms with Crippen LogP contribution in [0.25, 0.3) is 0 Å². The number of benzene rings is 2. The van der Waals surface area contributed by atoms with Gasteiger partial charge in [0, 0.05) is 26.2 Å². The molecule has 0 saturated carbocycles. The molecule has 0 aromatic heterocycles. The number of amides is 2. The second-order valence-corrected chi connectivity index (χ2v) is 7.26. The topological polar surface area (TPSA) is 66.6 Å². The fraction of sp³-hybridized carbons (Fsp3) is 0.263. The number of anilines is 1. The van der Waals surface area contributed by atoms with E-state index < -0.39 is 23.3 Å². The van der Waals surface area contributed by atoms with Gasteiger partial charge in [0.25, 0.3) is 11.8 Å². The van der Waals surface area contributed by atoms with Crippen LogP contribution in [0.2, 0.25) is 10.0 Å². The molecule has 1 aliphatic rings. The molecule has 0 atom stereocenters. The Morgan fingerprint density at radius 2 is 1.34 bits per heavy atom. The zero-order chi connectivity index (χ0) is 21.3. The van der Waals surface area contributed by atoms with Crippen molar-refractivity contribution in [2.75, 3.05) is 31.9 Å². The van der Waals surface area contributed by atoms with Gasteiger partial charge in [-0.1, -0.05) is 35.3 Å². The van der Waals surface area contributed by atoms with E-state index in [0.29, 0.717) is 0 Å². The minimum atomic E-state index is -4.65. The number of hydrogen-bond donors (Lipinski definition) is 1. The minimum absolute atomic E-state index is 0.141. The Kier molecular flexibility index (Phi) is 5.95. The van der Waals surface area contributed by atoms with Crippen molar-refractivity contribution < 1.29 is 22.8 Å². The smallest absolute Gasteiger partial charge is 0.398 e. The quantitative estimate of drug-likeness (QED) is 0.704. The Labute approximate surface area is 174 Å². The molecule has 10 heteroatoms. The van der Waals surface area contributed by atoms with Gasteiger partial charge in [-0.3, -0.25) is 9.59 Å². The van der Waals surface area contributed by atoms with Gasteiger partial charge >= 0.3 is 6.18 Å². The molecule has 1 fully saturated rings. The molecule has 0 spiro atoms. The summed E-state index contributed by atoms with van der Waals surface area (Å²) >= 11 is 12.1. The van der Waals surface area contributed by atoms with Crippen molar-refractivity contribution in [1.29, 1.82) is 0 Å². The van der Waals surface area contributed by atoms with Crippen molar-refractivity contribution in [2.45, 2.75) is 6.18 Å². The van der Waals surface area contributed by atoms with E-state index in [-0.39, 0.29) is 53.3 Å². The van der Waals surface area contributed by atoms with E-state index in [1.807, 2.05) is 0 Å². The molecule has 0 aliphatic carbocycles. The number of nitrogens with zero attached hydrogens (tertiary/aromatic N) is 2. The van der Waals surface area contributed by atoms with Crippen molar-refractivity contribution in [3.05, 3.63) is 63.1 Å². The highest BCUT2D eigenvalue weighted by molar-refractivity contribution is 6.39. The van der Waals surface area contributed by atoms with E-state index >= 15 is 0 Å². The van der Waals surface area contributed by atoms with Gasteiger partial charge in [0.15, 0.2) is 0 Å². The van der Waals surface area contributed by atoms with Gasteiger partial charge in [-0.25, -0.2) is 0 Å². The van der Waals surface area contributed by atoms with Crippen molar-refractivity contribution in [1.82, 2.24) is 9.80 Å². The Hall–Kier alpha value is -2.45. The van der Waals surface area contributed by atoms with E-state index in [4.69, 9.17) is 28.9 Å². The summed E-state index contributed by atoms with van der Waals surface area (Å²) < 4.78 is 39.1. The van der Waals surface area contributed by atoms with Crippen LogP contribution in [0.1, 0.15) is 26.3 Å². The number of carbonyl (C=O) groups excluding carboxylic acids is 2. The second-order valence-electron chi connectivity index (χ2n) is 6.45. The van der Waals surface area contributed by atoms with Gasteiger partial charge < -0.3 is 15.5 Å². The number of alkyl halides is 3. The maximum atomic E-state index is 13.0. The molecular weight excluding hydrogens is 430 g/mol. The van der Waals surface area contributed by atoms with Crippen LogP contribution in [0.4, 0.5) is 18.9 Å². The first-order valence-corrected chi connectivity index (χ1v) is 9.35. The Balaban J connectivity index is 1.73. The number of piperazine rings is 1. The van der Waals surface area contributed by atoms with E-state index in [1.165, 1.54) is 15.9 Å². The summed E-state index contributed by atoms with van der Waals surface area (Å²) in [4.78, 5) is 28.3. The first kappa shape index (κ1) is 21.3. The van der Waals surface area contributed by atoms with Crippen LogP contribution in [0.3, 0.4) is 0 Å². The lowest BCUT2D eigenvalue weighted by atomic mass is 10.1. The van der Waals surface area contributed by atoms with Gasteiger partial charge in [0.2, 0.25) is 0 Å². The summed E-state index contributed by atoms with van der Waals surface area (Å²) in [6.07, 6.45) is -4.65. The van der Waals surface area contributed by atoms with Gasteiger partial charge in [-0.05, 0) is 24.3 Å². The fourth-order valence-corrected chi connectivity index (χ4v) is 3.70. The minimum Gasteiger partial charge on any atom is -0.398 e. The first-order chi connectivity index (χ1) is 13.6. The van der Waals surface area contributed by atoms with Crippen LogP contribution in [0, 0.1) is 0 Å². The van der Waals surface area contributed by atoms with E-state index in [9.17, 15) is 22.8 Å². The SMILES string of the molecule is Nc1c(C(=O)N2CCN(C(=O)c3c(Cl)cccc3Cl)CC2)cccc1C(F)(F)F. The highest BCUT2D eigenvalue weighted by Gasteiger charge is 2.35. The fourth-order valence-electron chi connectivity index (χ4n) is 3.14. The highest BCUT2D eigenvalue weighted by atomic mass is 35.5. The molecule has 1 heterocycles. The summed E-state index contributed by atoms with van der Waals surface area (Å²) in [5.74, 6) is -0.984. The number of halogens is 5. The van der Waals surface area contributed by atoms with Crippen molar-refractivity contribution >= 4 is 40.7 Å². The van der Waals surface area contributed by atoms with Crippen molar-refractivity contribution in [3.63, 3.8) is 0 Å². The Morgan fingerprint density at radius 1 is 0.862 bits per heavy atom. The van der Waals surface area contributed by atoms with Crippen LogP contribution in [-0.4, -0.2) is 47.8 Å². The average molecular weight is 446 g/mol. The van der Waals surface area contributed by atoms with E-state index in [2.05, 4.69) is 0 Å². The number of rotatable bonds is 2. The summed E-state index contributed by atoms with van der Waals surface area (Å²) in [6.45, 7) is 0.653. The summed E-state index contributed by atoms with van der Waals surface area (Å²) in [5, 5.41) is 0.440. The maximum absolute atomic E-state index is 13.0. The van der Waals surface area contributed by atoms with Crippen molar-refractivity contribution in [3.8, 4) is 0 Å². The zero-order valence-corrected chi connectivity index (χ0v) is 16.5. The molecule has 2 amide bonds. The molecule has 2 N–H and O–H groups in total. The predicted octanol–water partition coefficient (Wildman–Crippen LogP) is 4.19. The lowest BCUT2D eigenvalue weighted by Crippen LogP contribution is -2.50. The number of para-hydroxylation sites is 1. The molecule has 154 valence electrons. The van der Waals surface area contributed by atoms with Gasteiger partial charge in [0.1, 0.15) is 0 Å². The lowest BCUT2D eigenvalue weighted by Gasteiger charge is -2.35. The molecule has 0 unspecified atom stereocenters. The molecule has 2 aromatic carbocycles. The average Bonchev–Trinajstić information content (AvgIpc) is 2.66. The van der Waals surface area contributed by atoms with Crippen LogP contribution >= 0.6 is 23.2 Å². The molecular formula is C19H16Cl2F3N3O2. The number of carbonyl (C=O) groups is 2. The maximum Gasteiger partial charge on any atom is 0.418 e. The van der Waals surface area contributed by atoms with E-state index in [1.54, 1.807) is 18.2 Å². The Bertz CT molecular complexity index is 938. The van der Waals surface area contributed by atoms with Crippen molar-refractivity contribution in [2.24, 2.45) is 0 Å². The molecule has 1 saturated heterocycles. The monoisotopic (exact) mass is 445 g/mol. The first-order valence-electron chi connectivity index (χ1n) is 8.59. The highest BCUT2D eigenvalue weighted by Crippen LogP contribution is 2.35. The third-order valence-corrected chi connectivity index (χ3v) is 5.30. The molecule has 2 aromatic rings. The Morgan fingerprint density at radius 3 is 1.86 bits per heavy atom. The lowest BCUT2D eigenvalue weighted by molar-refractivity contribution is -0.136. The van der Waals surface area contributed by atoms with Crippen LogP contribution in [-0.2, 0) is 6.18 Å². The number of nitrogens with two attached hydrogens (primary N) is 1. The summed E-state index contributed by atoms with van der Waals surface area (Å²) in [7, 11) is 0. The van der Waals surface area contributed by atoms with Crippen LogP contribution < -0.4 is 5.73 Å². The third-order valence-electron chi connectivity index (χ3n) is 4.67. The van der Waals surface area contributed by atoms with Gasteiger partial charge in [-0.15, -0.1) is 0 Å². The largest absolute Gasteiger partial charge is 0.418 e. The molecule has 1 aliphatic heterocycles. The molecule has 29 heavy (non-hydrogen) atoms. The van der Waals surface area contributed by atoms with Gasteiger partial charge in [0.05, 0.1) is 32.4 Å². The zero-order valence-electron chi connectivity index (χ0n) is 15.0. The van der Waals surface area contributed by atoms with Crippen LogP contribution in [0.15, 0.2) is 36.4 Å². The molecule has 3 rings (SSSR count). The van der Waals surface area contributed by atoms with Gasteiger partial charge in [-0.2, -0.15) is 13.2 Å². The number of hydrogen-bond acceptors (Lipinski definition) is 3. The number of nitrogen functional groups attached to an aromatic ring is 1. The third kappa shape index (κ3) is 4.28. The molecule has 0 radical (unpaired) electrons. The summed E-state index contributed by atoms with van der Waals surface area (Å²) in [5.41, 5.74) is 3.91. The standard InChI is InChI=1S/C19H16Cl2F3N3O2/c20-13-5-2-6-14(21)15(13)18(29)27-9-7-26(8-10-27)17(28)11-3-1-4-12(16(11)25)19(22,23)24/h1-6H,7-10,25H2.